The molecule has 0 aliphatic heterocycles. The average molecular weight is 481 g/mol. The smallest absolute Gasteiger partial charge is 0.311 e. The Hall–Kier alpha value is -2.16. The summed E-state index contributed by atoms with van der Waals surface area (Å²) in [5, 5.41) is 2.00. The van der Waals surface area contributed by atoms with Crippen LogP contribution in [0.25, 0.3) is 10.8 Å². The molecule has 2 rings (SSSR count). The molecule has 0 saturated carbocycles. The van der Waals surface area contributed by atoms with Crippen LogP contribution in [0.3, 0.4) is 0 Å². The molecule has 0 heterocycles. The van der Waals surface area contributed by atoms with Gasteiger partial charge >= 0.3 is 5.97 Å². The molecule has 0 aliphatic rings. The maximum atomic E-state index is 12.7. The predicted octanol–water partition coefficient (Wildman–Crippen LogP) is 9.99. The van der Waals surface area contributed by atoms with Crippen LogP contribution in [0, 0.1) is 0 Å². The number of rotatable bonds is 20. The van der Waals surface area contributed by atoms with Gasteiger partial charge < -0.3 is 4.74 Å². The lowest BCUT2D eigenvalue weighted by molar-refractivity contribution is -0.134. The highest BCUT2D eigenvalue weighted by atomic mass is 16.5. The van der Waals surface area contributed by atoms with Crippen molar-refractivity contribution in [3.05, 3.63) is 42.0 Å². The van der Waals surface area contributed by atoms with Crippen molar-refractivity contribution < 1.29 is 14.3 Å². The number of Topliss-reactive ketones (excluding diaryl/α,β-unsaturated/α-hetero) is 1. The van der Waals surface area contributed by atoms with Crippen molar-refractivity contribution in [1.82, 2.24) is 0 Å². The Labute approximate surface area is 214 Å². The molecule has 0 aliphatic carbocycles. The van der Waals surface area contributed by atoms with Crippen molar-refractivity contribution in [2.24, 2.45) is 0 Å². The van der Waals surface area contributed by atoms with Crippen LogP contribution in [0.15, 0.2) is 36.4 Å². The zero-order chi connectivity index (χ0) is 25.1. The third-order valence-corrected chi connectivity index (χ3v) is 6.86. The highest BCUT2D eigenvalue weighted by Gasteiger charge is 2.09. The van der Waals surface area contributed by atoms with Gasteiger partial charge in [-0.15, -0.1) is 0 Å². The van der Waals surface area contributed by atoms with Crippen LogP contribution in [0.4, 0.5) is 0 Å². The Morgan fingerprint density at radius 2 is 1.06 bits per heavy atom. The third kappa shape index (κ3) is 12.4. The van der Waals surface area contributed by atoms with Gasteiger partial charge in [-0.1, -0.05) is 122 Å². The summed E-state index contributed by atoms with van der Waals surface area (Å²) in [6.45, 7) is 4.46. The summed E-state index contributed by atoms with van der Waals surface area (Å²) >= 11 is 0. The number of unbranched alkanes of at least 4 members (excludes halogenated alkanes) is 14. The van der Waals surface area contributed by atoms with Gasteiger partial charge in [0, 0.05) is 18.4 Å². The molecule has 0 amide bonds. The molecule has 0 saturated heterocycles. The largest absolute Gasteiger partial charge is 0.427 e. The van der Waals surface area contributed by atoms with Crippen LogP contribution >= 0.6 is 0 Å². The number of carbonyl (C=O) groups excluding carboxylic acids is 2. The van der Waals surface area contributed by atoms with E-state index in [4.69, 9.17) is 4.74 Å². The number of ketones is 1. The lowest BCUT2D eigenvalue weighted by Crippen LogP contribution is -2.07. The topological polar surface area (TPSA) is 43.4 Å². The summed E-state index contributed by atoms with van der Waals surface area (Å²) in [6, 6.07) is 11.5. The molecule has 0 radical (unpaired) electrons. The van der Waals surface area contributed by atoms with Crippen molar-refractivity contribution in [1.29, 1.82) is 0 Å². The van der Waals surface area contributed by atoms with Crippen molar-refractivity contribution in [3.8, 4) is 5.75 Å². The lowest BCUT2D eigenvalue weighted by Gasteiger charge is -2.07. The van der Waals surface area contributed by atoms with Gasteiger partial charge in [-0.25, -0.2) is 0 Å². The van der Waals surface area contributed by atoms with E-state index >= 15 is 0 Å². The molecule has 0 aromatic heterocycles. The van der Waals surface area contributed by atoms with Crippen LogP contribution in [-0.4, -0.2) is 11.8 Å². The van der Waals surface area contributed by atoms with E-state index in [9.17, 15) is 9.59 Å². The summed E-state index contributed by atoms with van der Waals surface area (Å²) in [4.78, 5) is 24.8. The zero-order valence-corrected chi connectivity index (χ0v) is 22.4. The number of carbonyl (C=O) groups is 2. The van der Waals surface area contributed by atoms with Crippen LogP contribution in [-0.2, 0) is 4.79 Å². The molecular formula is C32H48O3. The number of benzene rings is 2. The van der Waals surface area contributed by atoms with Gasteiger partial charge in [0.05, 0.1) is 0 Å². The molecule has 35 heavy (non-hydrogen) atoms. The minimum atomic E-state index is -0.164. The van der Waals surface area contributed by atoms with Gasteiger partial charge in [-0.2, -0.15) is 0 Å². The van der Waals surface area contributed by atoms with Crippen molar-refractivity contribution >= 4 is 22.5 Å². The minimum Gasteiger partial charge on any atom is -0.427 e. The second kappa shape index (κ2) is 18.2. The van der Waals surface area contributed by atoms with Crippen LogP contribution in [0.2, 0.25) is 0 Å². The number of hydrogen-bond acceptors (Lipinski definition) is 3. The summed E-state index contributed by atoms with van der Waals surface area (Å²) in [5.74, 6) is 0.641. The van der Waals surface area contributed by atoms with E-state index in [1.807, 2.05) is 36.4 Å². The highest BCUT2D eigenvalue weighted by molar-refractivity contribution is 6.00. The predicted molar refractivity (Wildman–Crippen MR) is 148 cm³/mol. The first-order valence-electron chi connectivity index (χ1n) is 14.4. The Kier molecular flexibility index (Phi) is 15.1. The molecule has 2 aromatic carbocycles. The molecule has 3 nitrogen and oxygen atoms in total. The fourth-order valence-corrected chi connectivity index (χ4v) is 4.61. The van der Waals surface area contributed by atoms with Crippen LogP contribution in [0.5, 0.6) is 5.75 Å². The first-order valence-corrected chi connectivity index (χ1v) is 14.4. The maximum absolute atomic E-state index is 12.7. The summed E-state index contributed by atoms with van der Waals surface area (Å²) in [7, 11) is 0. The quantitative estimate of drug-likeness (QED) is 0.0819. The van der Waals surface area contributed by atoms with Crippen molar-refractivity contribution in [2.75, 3.05) is 0 Å². The average Bonchev–Trinajstić information content (AvgIpc) is 2.86. The second-order valence-electron chi connectivity index (χ2n) is 10.1. The molecule has 0 fully saturated rings. The summed E-state index contributed by atoms with van der Waals surface area (Å²) in [6.07, 6.45) is 20.8. The van der Waals surface area contributed by atoms with Crippen molar-refractivity contribution in [2.45, 2.75) is 129 Å². The number of fused-ring (bicyclic) bond motifs is 1. The Morgan fingerprint density at radius 1 is 0.571 bits per heavy atom. The monoisotopic (exact) mass is 480 g/mol. The van der Waals surface area contributed by atoms with Crippen LogP contribution in [0.1, 0.15) is 140 Å². The number of esters is 1. The molecule has 0 atom stereocenters. The second-order valence-corrected chi connectivity index (χ2v) is 10.1. The normalized spacial score (nSPS) is 11.1. The van der Waals surface area contributed by atoms with Gasteiger partial charge in [0.2, 0.25) is 0 Å². The standard InChI is InChI=1S/C32H48O3/c1-3-5-7-9-11-12-13-14-15-17-19-31(33)29-22-21-28-26-30(24-23-27(28)25-29)35-32(34)20-18-16-10-8-6-4-2/h21-26H,3-20H2,1-2H3. The van der Waals surface area contributed by atoms with E-state index in [0.29, 0.717) is 18.6 Å². The van der Waals surface area contributed by atoms with Gasteiger partial charge in [0.25, 0.3) is 0 Å². The van der Waals surface area contributed by atoms with Gasteiger partial charge in [-0.3, -0.25) is 9.59 Å². The molecule has 194 valence electrons. The first kappa shape index (κ1) is 29.1. The molecule has 0 bridgehead atoms. The molecule has 0 unspecified atom stereocenters. The van der Waals surface area contributed by atoms with Gasteiger partial charge in [0.1, 0.15) is 5.75 Å². The maximum Gasteiger partial charge on any atom is 0.311 e. The van der Waals surface area contributed by atoms with Gasteiger partial charge in [-0.05, 0) is 41.8 Å². The van der Waals surface area contributed by atoms with E-state index < -0.39 is 0 Å². The Balaban J connectivity index is 1.68. The fourth-order valence-electron chi connectivity index (χ4n) is 4.61. The van der Waals surface area contributed by atoms with E-state index in [2.05, 4.69) is 13.8 Å². The molecule has 2 aromatic rings. The first-order chi connectivity index (χ1) is 17.1. The lowest BCUT2D eigenvalue weighted by atomic mass is 10.00. The molecule has 0 N–H and O–H groups in total. The van der Waals surface area contributed by atoms with E-state index in [0.717, 1.165) is 42.0 Å². The summed E-state index contributed by atoms with van der Waals surface area (Å²) < 4.78 is 5.54. The van der Waals surface area contributed by atoms with Crippen molar-refractivity contribution in [3.63, 3.8) is 0 Å². The van der Waals surface area contributed by atoms with E-state index in [1.54, 1.807) is 0 Å². The fraction of sp³-hybridized carbons (Fsp3) is 0.625. The minimum absolute atomic E-state index is 0.164. The molecule has 0 spiro atoms. The Morgan fingerprint density at radius 3 is 1.66 bits per heavy atom. The number of ether oxygens (including phenoxy) is 1. The number of hydrogen-bond donors (Lipinski definition) is 0. The molecule has 3 heteroatoms. The SMILES string of the molecule is CCCCCCCCCCCCC(=O)c1ccc2cc(OC(=O)CCCCCCCC)ccc2c1. The highest BCUT2D eigenvalue weighted by Crippen LogP contribution is 2.24. The third-order valence-electron chi connectivity index (χ3n) is 6.86. The summed E-state index contributed by atoms with van der Waals surface area (Å²) in [5.41, 5.74) is 0.779. The van der Waals surface area contributed by atoms with E-state index in [1.165, 1.54) is 77.0 Å². The van der Waals surface area contributed by atoms with Crippen LogP contribution < -0.4 is 4.74 Å². The zero-order valence-electron chi connectivity index (χ0n) is 22.4. The van der Waals surface area contributed by atoms with Gasteiger partial charge in [0.15, 0.2) is 5.78 Å². The van der Waals surface area contributed by atoms with E-state index in [-0.39, 0.29) is 11.8 Å². The molecular weight excluding hydrogens is 432 g/mol. The Bertz CT molecular complexity index is 870.